The van der Waals surface area contributed by atoms with Gasteiger partial charge < -0.3 is 28.4 Å². The molecule has 11 nitrogen and oxygen atoms in total. The van der Waals surface area contributed by atoms with E-state index in [0.29, 0.717) is 22.4 Å². The van der Waals surface area contributed by atoms with Crippen molar-refractivity contribution < 1.29 is 47.6 Å². The number of ether oxygens (including phenoxy) is 6. The van der Waals surface area contributed by atoms with E-state index >= 15 is 0 Å². The molecule has 1 aliphatic heterocycles. The van der Waals surface area contributed by atoms with Gasteiger partial charge in [-0.2, -0.15) is 5.26 Å². The largest absolute Gasteiger partial charge is 0.489 e. The number of carbonyl (C=O) groups excluding carboxylic acids is 4. The summed E-state index contributed by atoms with van der Waals surface area (Å²) in [6, 6.07) is 16.0. The van der Waals surface area contributed by atoms with Crippen molar-refractivity contribution >= 4 is 23.9 Å². The van der Waals surface area contributed by atoms with E-state index in [0.717, 1.165) is 13.8 Å². The van der Waals surface area contributed by atoms with Gasteiger partial charge in [0.1, 0.15) is 31.2 Å². The Balaban J connectivity index is 2.05. The average Bonchev–Trinajstić information content (AvgIpc) is 2.88. The quantitative estimate of drug-likeness (QED) is 0.342. The van der Waals surface area contributed by atoms with Gasteiger partial charge in [0.2, 0.25) is 0 Å². The summed E-state index contributed by atoms with van der Waals surface area (Å²) in [5, 5.41) is 9.65. The second-order valence-corrected chi connectivity index (χ2v) is 8.75. The Morgan fingerprint density at radius 2 is 1.44 bits per heavy atom. The summed E-state index contributed by atoms with van der Waals surface area (Å²) in [6.07, 6.45) is -5.95. The van der Waals surface area contributed by atoms with Crippen molar-refractivity contribution in [2.75, 3.05) is 6.61 Å². The lowest BCUT2D eigenvalue weighted by Gasteiger charge is -2.44. The molecule has 1 fully saturated rings. The standard InChI is InChI=1S/C28H29NO10/c1-16(30)34-15-24-26(36-17(2)31)28(38-19(4)33)27(37-18(3)32)25(39-24)20-10-11-21(13-29)22(12-20)14-35-23-8-6-5-7-9-23/h5-12,24-28H,14-15H2,1-4H3/t24-,25?,26-,27+,28+/m1/s1. The van der Waals surface area contributed by atoms with E-state index < -0.39 is 54.4 Å². The van der Waals surface area contributed by atoms with Crippen molar-refractivity contribution in [3.63, 3.8) is 0 Å². The van der Waals surface area contributed by atoms with E-state index in [1.807, 2.05) is 18.2 Å². The van der Waals surface area contributed by atoms with Crippen LogP contribution in [0.3, 0.4) is 0 Å². The Bertz CT molecular complexity index is 1240. The molecule has 2 aromatic carbocycles. The van der Waals surface area contributed by atoms with Crippen molar-refractivity contribution in [2.45, 2.75) is 64.8 Å². The first kappa shape index (κ1) is 29.1. The predicted octanol–water partition coefficient (Wildman–Crippen LogP) is 2.94. The number of nitrogens with zero attached hydrogens (tertiary/aromatic N) is 1. The highest BCUT2D eigenvalue weighted by Crippen LogP contribution is 2.38. The minimum Gasteiger partial charge on any atom is -0.489 e. The highest BCUT2D eigenvalue weighted by atomic mass is 16.7. The summed E-state index contributed by atoms with van der Waals surface area (Å²) in [5.74, 6) is -2.15. The Kier molecular flexibility index (Phi) is 10.0. The number of rotatable bonds is 9. The molecule has 0 N–H and O–H groups in total. The molecule has 0 bridgehead atoms. The maximum atomic E-state index is 12.1. The first-order valence-electron chi connectivity index (χ1n) is 12.1. The van der Waals surface area contributed by atoms with Gasteiger partial charge in [0, 0.05) is 33.3 Å². The fourth-order valence-electron chi connectivity index (χ4n) is 4.19. The minimum atomic E-state index is -1.30. The predicted molar refractivity (Wildman–Crippen MR) is 133 cm³/mol. The van der Waals surface area contributed by atoms with Crippen molar-refractivity contribution in [1.82, 2.24) is 0 Å². The fraction of sp³-hybridized carbons (Fsp3) is 0.393. The number of benzene rings is 2. The molecule has 0 aromatic heterocycles. The van der Waals surface area contributed by atoms with Gasteiger partial charge in [-0.1, -0.05) is 24.3 Å². The maximum Gasteiger partial charge on any atom is 0.303 e. The third kappa shape index (κ3) is 8.02. The summed E-state index contributed by atoms with van der Waals surface area (Å²) >= 11 is 0. The van der Waals surface area contributed by atoms with E-state index in [9.17, 15) is 24.4 Å². The monoisotopic (exact) mass is 539 g/mol. The highest BCUT2D eigenvalue weighted by Gasteiger charge is 2.52. The SMILES string of the molecule is CC(=O)OC[C@H]1OC(c2ccc(C#N)c(COc3ccccc3)c2)[C@H](OC(C)=O)[C@@H](OC(C)=O)[C@@H]1OC(C)=O. The molecule has 1 saturated heterocycles. The zero-order valence-corrected chi connectivity index (χ0v) is 21.9. The zero-order chi connectivity index (χ0) is 28.5. The lowest BCUT2D eigenvalue weighted by atomic mass is 9.89. The van der Waals surface area contributed by atoms with Crippen LogP contribution in [0, 0.1) is 11.3 Å². The summed E-state index contributed by atoms with van der Waals surface area (Å²) in [5.41, 5.74) is 1.32. The molecule has 1 aliphatic rings. The molecule has 1 heterocycles. The van der Waals surface area contributed by atoms with E-state index in [-0.39, 0.29) is 13.2 Å². The molecule has 39 heavy (non-hydrogen) atoms. The van der Waals surface area contributed by atoms with Gasteiger partial charge in [0.25, 0.3) is 0 Å². The Hall–Kier alpha value is -4.43. The number of esters is 4. The normalized spacial score (nSPS) is 22.1. The summed E-state index contributed by atoms with van der Waals surface area (Å²) in [4.78, 5) is 47.7. The second kappa shape index (κ2) is 13.4. The molecule has 0 amide bonds. The lowest BCUT2D eigenvalue weighted by molar-refractivity contribution is -0.254. The summed E-state index contributed by atoms with van der Waals surface area (Å²) in [6.45, 7) is 4.39. The van der Waals surface area contributed by atoms with Crippen LogP contribution in [0.15, 0.2) is 48.5 Å². The van der Waals surface area contributed by atoms with Gasteiger partial charge in [0.15, 0.2) is 18.3 Å². The third-order valence-electron chi connectivity index (χ3n) is 5.71. The van der Waals surface area contributed by atoms with Gasteiger partial charge in [0.05, 0.1) is 11.6 Å². The molecule has 2 aromatic rings. The van der Waals surface area contributed by atoms with Crippen LogP contribution < -0.4 is 4.74 Å². The smallest absolute Gasteiger partial charge is 0.303 e. The van der Waals surface area contributed by atoms with Crippen LogP contribution in [0.25, 0.3) is 0 Å². The molecule has 206 valence electrons. The Morgan fingerprint density at radius 3 is 2.03 bits per heavy atom. The molecule has 3 rings (SSSR count). The van der Waals surface area contributed by atoms with Crippen molar-refractivity contribution in [3.8, 4) is 11.8 Å². The molecule has 0 saturated carbocycles. The van der Waals surface area contributed by atoms with Crippen LogP contribution in [-0.2, 0) is 49.5 Å². The van der Waals surface area contributed by atoms with Crippen LogP contribution in [0.2, 0.25) is 0 Å². The summed E-state index contributed by atoms with van der Waals surface area (Å²) < 4.78 is 33.6. The average molecular weight is 540 g/mol. The Labute approximate surface area is 225 Å². The van der Waals surface area contributed by atoms with Crippen molar-refractivity contribution in [3.05, 3.63) is 65.2 Å². The zero-order valence-electron chi connectivity index (χ0n) is 21.9. The van der Waals surface area contributed by atoms with Crippen LogP contribution in [-0.4, -0.2) is 54.9 Å². The summed E-state index contributed by atoms with van der Waals surface area (Å²) in [7, 11) is 0. The molecule has 1 unspecified atom stereocenters. The molecule has 0 spiro atoms. The lowest BCUT2D eigenvalue weighted by Crippen LogP contribution is -2.59. The van der Waals surface area contributed by atoms with E-state index in [2.05, 4.69) is 6.07 Å². The van der Waals surface area contributed by atoms with Gasteiger partial charge in [-0.25, -0.2) is 0 Å². The van der Waals surface area contributed by atoms with Crippen LogP contribution >= 0.6 is 0 Å². The molecular formula is C28H29NO10. The van der Waals surface area contributed by atoms with Crippen LogP contribution in [0.4, 0.5) is 0 Å². The van der Waals surface area contributed by atoms with Crippen molar-refractivity contribution in [2.24, 2.45) is 0 Å². The first-order chi connectivity index (χ1) is 18.6. The molecule has 0 radical (unpaired) electrons. The number of carbonyl (C=O) groups is 4. The van der Waals surface area contributed by atoms with Crippen LogP contribution in [0.5, 0.6) is 5.75 Å². The molecule has 11 heteroatoms. The number of nitriles is 1. The van der Waals surface area contributed by atoms with Gasteiger partial charge in [-0.3, -0.25) is 19.2 Å². The van der Waals surface area contributed by atoms with Crippen LogP contribution in [0.1, 0.15) is 50.5 Å². The second-order valence-electron chi connectivity index (χ2n) is 8.75. The minimum absolute atomic E-state index is 0.0476. The third-order valence-corrected chi connectivity index (χ3v) is 5.71. The topological polar surface area (TPSA) is 147 Å². The van der Waals surface area contributed by atoms with Gasteiger partial charge in [-0.05, 0) is 29.8 Å². The van der Waals surface area contributed by atoms with E-state index in [1.54, 1.807) is 30.3 Å². The molecular weight excluding hydrogens is 510 g/mol. The van der Waals surface area contributed by atoms with Gasteiger partial charge >= 0.3 is 23.9 Å². The fourth-order valence-corrected chi connectivity index (χ4v) is 4.19. The molecule has 5 atom stereocenters. The first-order valence-corrected chi connectivity index (χ1v) is 12.1. The number of hydrogen-bond donors (Lipinski definition) is 0. The maximum absolute atomic E-state index is 12.1. The number of para-hydroxylation sites is 1. The molecule has 0 aliphatic carbocycles. The van der Waals surface area contributed by atoms with E-state index in [1.165, 1.54) is 13.8 Å². The Morgan fingerprint density at radius 1 is 0.821 bits per heavy atom. The highest BCUT2D eigenvalue weighted by molar-refractivity contribution is 5.69. The van der Waals surface area contributed by atoms with Gasteiger partial charge in [-0.15, -0.1) is 0 Å². The van der Waals surface area contributed by atoms with Crippen molar-refractivity contribution in [1.29, 1.82) is 5.26 Å². The van der Waals surface area contributed by atoms with E-state index in [4.69, 9.17) is 28.4 Å². The number of hydrogen-bond acceptors (Lipinski definition) is 11.